The van der Waals surface area contributed by atoms with E-state index in [1.54, 1.807) is 7.11 Å². The van der Waals surface area contributed by atoms with E-state index in [4.69, 9.17) is 4.89 Å². The van der Waals surface area contributed by atoms with Gasteiger partial charge < -0.3 is 4.90 Å². The van der Waals surface area contributed by atoms with Gasteiger partial charge in [0.05, 0.1) is 13.7 Å². The third-order valence-corrected chi connectivity index (χ3v) is 2.50. The van der Waals surface area contributed by atoms with E-state index in [0.29, 0.717) is 6.61 Å². The summed E-state index contributed by atoms with van der Waals surface area (Å²) >= 11 is 0. The molecule has 1 heterocycles. The Kier molecular flexibility index (Phi) is 3.50. The summed E-state index contributed by atoms with van der Waals surface area (Å²) in [5, 5.41) is 0. The largest absolute Gasteiger partial charge is 0.306 e. The van der Waals surface area contributed by atoms with Crippen molar-refractivity contribution >= 4 is 0 Å². The second kappa shape index (κ2) is 4.21. The van der Waals surface area contributed by atoms with Crippen molar-refractivity contribution in [1.82, 2.24) is 4.90 Å². The number of likely N-dealkylation sites (tertiary alicyclic amines) is 1. The highest BCUT2D eigenvalue weighted by Gasteiger charge is 2.29. The number of hydrogen-bond acceptors (Lipinski definition) is 3. The van der Waals surface area contributed by atoms with Crippen molar-refractivity contribution in [3.63, 3.8) is 0 Å². The lowest BCUT2D eigenvalue weighted by Gasteiger charge is -2.37. The molecule has 0 saturated carbocycles. The molecular weight excluding hydrogens is 154 g/mol. The summed E-state index contributed by atoms with van der Waals surface area (Å²) in [5.74, 6) is 0. The molecule has 72 valence electrons. The van der Waals surface area contributed by atoms with Gasteiger partial charge in [-0.1, -0.05) is 6.92 Å². The highest BCUT2D eigenvalue weighted by molar-refractivity contribution is 4.81. The maximum Gasteiger partial charge on any atom is 0.0888 e. The van der Waals surface area contributed by atoms with Crippen LogP contribution >= 0.6 is 0 Å². The molecule has 0 aromatic heterocycles. The number of nitrogens with zero attached hydrogens (tertiary/aromatic N) is 1. The van der Waals surface area contributed by atoms with Crippen LogP contribution in [-0.4, -0.2) is 38.8 Å². The third-order valence-electron chi connectivity index (χ3n) is 2.50. The molecule has 1 fully saturated rings. The predicted molar refractivity (Wildman–Crippen MR) is 47.8 cm³/mol. The molecule has 1 aliphatic heterocycles. The normalized spacial score (nSPS) is 32.2. The molecule has 0 aromatic rings. The fraction of sp³-hybridized carbons (Fsp3) is 1.00. The average molecular weight is 173 g/mol. The van der Waals surface area contributed by atoms with Gasteiger partial charge in [-0.15, -0.1) is 0 Å². The van der Waals surface area contributed by atoms with Crippen LogP contribution in [-0.2, 0) is 9.78 Å². The Bertz CT molecular complexity index is 140. The van der Waals surface area contributed by atoms with E-state index in [-0.39, 0.29) is 5.41 Å². The van der Waals surface area contributed by atoms with Crippen molar-refractivity contribution in [2.75, 3.05) is 33.9 Å². The minimum atomic E-state index is 0.281. The molecule has 0 aliphatic carbocycles. The van der Waals surface area contributed by atoms with Crippen LogP contribution in [0.2, 0.25) is 0 Å². The predicted octanol–water partition coefficient (Wildman–Crippen LogP) is 1.30. The number of piperidine rings is 1. The standard InChI is InChI=1S/C9H19NO2/c1-9(8-12-11-3)5-4-6-10(2)7-9/h4-8H2,1-3H3. The van der Waals surface area contributed by atoms with Gasteiger partial charge in [-0.3, -0.25) is 0 Å². The minimum Gasteiger partial charge on any atom is -0.306 e. The molecule has 0 aromatic carbocycles. The van der Waals surface area contributed by atoms with Crippen LogP contribution in [0.3, 0.4) is 0 Å². The fourth-order valence-electron chi connectivity index (χ4n) is 1.90. The summed E-state index contributed by atoms with van der Waals surface area (Å²) < 4.78 is 0. The molecule has 0 bridgehead atoms. The fourth-order valence-corrected chi connectivity index (χ4v) is 1.90. The number of rotatable bonds is 3. The molecule has 3 nitrogen and oxygen atoms in total. The Balaban J connectivity index is 2.35. The van der Waals surface area contributed by atoms with E-state index in [0.717, 1.165) is 6.54 Å². The molecule has 3 heteroatoms. The molecule has 1 aliphatic rings. The van der Waals surface area contributed by atoms with Gasteiger partial charge in [0.25, 0.3) is 0 Å². The Morgan fingerprint density at radius 1 is 1.50 bits per heavy atom. The molecule has 12 heavy (non-hydrogen) atoms. The van der Waals surface area contributed by atoms with Crippen LogP contribution < -0.4 is 0 Å². The average Bonchev–Trinajstić information content (AvgIpc) is 2.01. The van der Waals surface area contributed by atoms with E-state index in [1.807, 2.05) is 0 Å². The van der Waals surface area contributed by atoms with E-state index < -0.39 is 0 Å². The lowest BCUT2D eigenvalue weighted by atomic mass is 9.83. The van der Waals surface area contributed by atoms with Crippen LogP contribution in [0.1, 0.15) is 19.8 Å². The zero-order valence-corrected chi connectivity index (χ0v) is 8.30. The number of hydrogen-bond donors (Lipinski definition) is 0. The first kappa shape index (κ1) is 9.96. The van der Waals surface area contributed by atoms with Gasteiger partial charge in [0.1, 0.15) is 0 Å². The summed E-state index contributed by atoms with van der Waals surface area (Å²) in [7, 11) is 3.72. The van der Waals surface area contributed by atoms with Crippen molar-refractivity contribution in [3.05, 3.63) is 0 Å². The van der Waals surface area contributed by atoms with Gasteiger partial charge in [-0.25, -0.2) is 9.78 Å². The molecule has 0 spiro atoms. The maximum absolute atomic E-state index is 5.00. The highest BCUT2D eigenvalue weighted by atomic mass is 17.2. The van der Waals surface area contributed by atoms with Crippen molar-refractivity contribution < 1.29 is 9.78 Å². The van der Waals surface area contributed by atoms with E-state index in [1.165, 1.54) is 19.4 Å². The summed E-state index contributed by atoms with van der Waals surface area (Å²) in [4.78, 5) is 12.0. The van der Waals surface area contributed by atoms with Crippen LogP contribution in [0, 0.1) is 5.41 Å². The van der Waals surface area contributed by atoms with Crippen molar-refractivity contribution in [1.29, 1.82) is 0 Å². The Morgan fingerprint density at radius 3 is 2.83 bits per heavy atom. The van der Waals surface area contributed by atoms with Crippen molar-refractivity contribution in [3.8, 4) is 0 Å². The monoisotopic (exact) mass is 173 g/mol. The lowest BCUT2D eigenvalue weighted by molar-refractivity contribution is -0.291. The zero-order valence-electron chi connectivity index (χ0n) is 8.30. The third kappa shape index (κ3) is 2.73. The van der Waals surface area contributed by atoms with E-state index >= 15 is 0 Å². The van der Waals surface area contributed by atoms with E-state index in [2.05, 4.69) is 23.8 Å². The van der Waals surface area contributed by atoms with Gasteiger partial charge in [-0.2, -0.15) is 0 Å². The SMILES string of the molecule is COOCC1(C)CCCN(C)C1. The van der Waals surface area contributed by atoms with Gasteiger partial charge in [-0.05, 0) is 26.4 Å². The molecule has 1 saturated heterocycles. The lowest BCUT2D eigenvalue weighted by Crippen LogP contribution is -2.41. The Labute approximate surface area is 74.6 Å². The van der Waals surface area contributed by atoms with Crippen LogP contribution in [0.5, 0.6) is 0 Å². The van der Waals surface area contributed by atoms with Crippen molar-refractivity contribution in [2.45, 2.75) is 19.8 Å². The summed E-state index contributed by atoms with van der Waals surface area (Å²) in [6, 6.07) is 0. The van der Waals surface area contributed by atoms with Gasteiger partial charge in [0.15, 0.2) is 0 Å². The topological polar surface area (TPSA) is 21.7 Å². The molecule has 0 radical (unpaired) electrons. The molecule has 0 N–H and O–H groups in total. The Hall–Kier alpha value is -0.120. The van der Waals surface area contributed by atoms with Gasteiger partial charge >= 0.3 is 0 Å². The first-order valence-electron chi connectivity index (χ1n) is 4.50. The van der Waals surface area contributed by atoms with Crippen LogP contribution in [0.15, 0.2) is 0 Å². The van der Waals surface area contributed by atoms with Gasteiger partial charge in [0, 0.05) is 12.0 Å². The molecule has 0 amide bonds. The molecule has 1 atom stereocenters. The maximum atomic E-state index is 5.00. The minimum absolute atomic E-state index is 0.281. The highest BCUT2D eigenvalue weighted by Crippen LogP contribution is 2.28. The first-order valence-corrected chi connectivity index (χ1v) is 4.50. The van der Waals surface area contributed by atoms with Crippen molar-refractivity contribution in [2.24, 2.45) is 5.41 Å². The molecule has 1 rings (SSSR count). The van der Waals surface area contributed by atoms with Gasteiger partial charge in [0.2, 0.25) is 0 Å². The zero-order chi connectivity index (χ0) is 9.03. The second-order valence-electron chi connectivity index (χ2n) is 4.08. The summed E-state index contributed by atoms with van der Waals surface area (Å²) in [6.45, 7) is 5.27. The molecular formula is C9H19NO2. The van der Waals surface area contributed by atoms with Crippen LogP contribution in [0.25, 0.3) is 0 Å². The smallest absolute Gasteiger partial charge is 0.0888 e. The quantitative estimate of drug-likeness (QED) is 0.474. The van der Waals surface area contributed by atoms with Crippen LogP contribution in [0.4, 0.5) is 0 Å². The second-order valence-corrected chi connectivity index (χ2v) is 4.08. The van der Waals surface area contributed by atoms with E-state index in [9.17, 15) is 0 Å². The molecule has 1 unspecified atom stereocenters. The Morgan fingerprint density at radius 2 is 2.25 bits per heavy atom. The summed E-state index contributed by atoms with van der Waals surface area (Å²) in [5.41, 5.74) is 0.281. The summed E-state index contributed by atoms with van der Waals surface area (Å²) in [6.07, 6.45) is 2.50. The first-order chi connectivity index (χ1) is 5.66.